The van der Waals surface area contributed by atoms with Gasteiger partial charge in [-0.3, -0.25) is 4.68 Å². The summed E-state index contributed by atoms with van der Waals surface area (Å²) >= 11 is 0. The first-order chi connectivity index (χ1) is 9.10. The molecule has 0 saturated heterocycles. The van der Waals surface area contributed by atoms with Gasteiger partial charge < -0.3 is 15.2 Å². The number of nitrogens with zero attached hydrogens (tertiary/aromatic N) is 2. The first-order valence-electron chi connectivity index (χ1n) is 6.15. The van der Waals surface area contributed by atoms with Gasteiger partial charge in [-0.05, 0) is 19.1 Å². The summed E-state index contributed by atoms with van der Waals surface area (Å²) in [6.07, 6.45) is 3.45. The van der Waals surface area contributed by atoms with E-state index in [0.717, 1.165) is 17.1 Å². The molecule has 0 fully saturated rings. The summed E-state index contributed by atoms with van der Waals surface area (Å²) in [6.45, 7) is 1.91. The summed E-state index contributed by atoms with van der Waals surface area (Å²) in [5.41, 5.74) is 6.96. The highest BCUT2D eigenvalue weighted by Crippen LogP contribution is 2.26. The standard InChI is InChI=1S/C14H19N3O2/c1-10(15)14(11-8-16-17(2)9-11)19-13-6-4-5-12(7-13)18-3/h4-10,14H,15H2,1-3H3. The second-order valence-corrected chi connectivity index (χ2v) is 4.52. The van der Waals surface area contributed by atoms with Gasteiger partial charge in [0.25, 0.3) is 0 Å². The molecule has 2 unspecified atom stereocenters. The number of aromatic nitrogens is 2. The van der Waals surface area contributed by atoms with E-state index >= 15 is 0 Å². The van der Waals surface area contributed by atoms with Gasteiger partial charge in [-0.25, -0.2) is 0 Å². The Morgan fingerprint density at radius 3 is 2.63 bits per heavy atom. The third-order valence-electron chi connectivity index (χ3n) is 2.84. The highest BCUT2D eigenvalue weighted by atomic mass is 16.5. The van der Waals surface area contributed by atoms with E-state index < -0.39 is 0 Å². The van der Waals surface area contributed by atoms with Crippen LogP contribution >= 0.6 is 0 Å². The number of rotatable bonds is 5. The van der Waals surface area contributed by atoms with Crippen molar-refractivity contribution in [1.82, 2.24) is 9.78 Å². The normalized spacial score (nSPS) is 13.9. The molecule has 0 aliphatic rings. The first-order valence-corrected chi connectivity index (χ1v) is 6.15. The highest BCUT2D eigenvalue weighted by molar-refractivity contribution is 5.33. The number of methoxy groups -OCH3 is 1. The smallest absolute Gasteiger partial charge is 0.141 e. The van der Waals surface area contributed by atoms with Crippen LogP contribution in [-0.4, -0.2) is 22.9 Å². The van der Waals surface area contributed by atoms with Crippen LogP contribution in [0.15, 0.2) is 36.7 Å². The van der Waals surface area contributed by atoms with E-state index in [9.17, 15) is 0 Å². The van der Waals surface area contributed by atoms with E-state index in [1.165, 1.54) is 0 Å². The van der Waals surface area contributed by atoms with Gasteiger partial charge in [-0.1, -0.05) is 6.07 Å². The summed E-state index contributed by atoms with van der Waals surface area (Å²) in [4.78, 5) is 0. The second-order valence-electron chi connectivity index (χ2n) is 4.52. The molecule has 0 amide bonds. The van der Waals surface area contributed by atoms with Gasteiger partial charge in [0.2, 0.25) is 0 Å². The van der Waals surface area contributed by atoms with E-state index in [1.54, 1.807) is 18.0 Å². The maximum atomic E-state index is 6.00. The quantitative estimate of drug-likeness (QED) is 0.893. The van der Waals surface area contributed by atoms with Crippen LogP contribution in [0.1, 0.15) is 18.6 Å². The predicted molar refractivity (Wildman–Crippen MR) is 73.2 cm³/mol. The lowest BCUT2D eigenvalue weighted by molar-refractivity contribution is 0.179. The minimum absolute atomic E-state index is 0.143. The van der Waals surface area contributed by atoms with Crippen molar-refractivity contribution in [2.45, 2.75) is 19.1 Å². The largest absolute Gasteiger partial charge is 0.497 e. The van der Waals surface area contributed by atoms with Gasteiger partial charge in [0, 0.05) is 30.9 Å². The minimum atomic E-state index is -0.235. The van der Waals surface area contributed by atoms with Crippen molar-refractivity contribution in [3.63, 3.8) is 0 Å². The molecule has 0 saturated carbocycles. The number of hydrogen-bond acceptors (Lipinski definition) is 4. The Labute approximate surface area is 112 Å². The fraction of sp³-hybridized carbons (Fsp3) is 0.357. The van der Waals surface area contributed by atoms with Crippen LogP contribution in [0.2, 0.25) is 0 Å². The lowest BCUT2D eigenvalue weighted by atomic mass is 10.1. The first kappa shape index (κ1) is 13.4. The van der Waals surface area contributed by atoms with Crippen LogP contribution in [-0.2, 0) is 7.05 Å². The van der Waals surface area contributed by atoms with Gasteiger partial charge in [0.05, 0.1) is 13.3 Å². The van der Waals surface area contributed by atoms with Crippen molar-refractivity contribution in [3.8, 4) is 11.5 Å². The summed E-state index contributed by atoms with van der Waals surface area (Å²) in [5, 5.41) is 4.15. The van der Waals surface area contributed by atoms with Crippen molar-refractivity contribution in [2.75, 3.05) is 7.11 Å². The molecule has 1 heterocycles. The third kappa shape index (κ3) is 3.26. The van der Waals surface area contributed by atoms with E-state index in [2.05, 4.69) is 5.10 Å². The third-order valence-corrected chi connectivity index (χ3v) is 2.84. The molecule has 5 heteroatoms. The van der Waals surface area contributed by atoms with Gasteiger partial charge >= 0.3 is 0 Å². The van der Waals surface area contributed by atoms with Crippen LogP contribution in [0, 0.1) is 0 Å². The molecule has 1 aromatic carbocycles. The molecular weight excluding hydrogens is 242 g/mol. The van der Waals surface area contributed by atoms with Crippen LogP contribution < -0.4 is 15.2 Å². The Balaban J connectivity index is 2.21. The predicted octanol–water partition coefficient (Wildman–Crippen LogP) is 1.90. The molecule has 19 heavy (non-hydrogen) atoms. The number of hydrogen-bond donors (Lipinski definition) is 1. The van der Waals surface area contributed by atoms with Crippen molar-refractivity contribution in [2.24, 2.45) is 12.8 Å². The van der Waals surface area contributed by atoms with E-state index in [1.807, 2.05) is 44.4 Å². The van der Waals surface area contributed by atoms with Crippen molar-refractivity contribution in [1.29, 1.82) is 0 Å². The fourth-order valence-electron chi connectivity index (χ4n) is 1.89. The molecular formula is C14H19N3O2. The molecule has 0 spiro atoms. The number of nitrogens with two attached hydrogens (primary N) is 1. The number of aryl methyl sites for hydroxylation is 1. The summed E-state index contributed by atoms with van der Waals surface area (Å²) in [5.74, 6) is 1.48. The second kappa shape index (κ2) is 5.75. The molecule has 2 N–H and O–H groups in total. The van der Waals surface area contributed by atoms with E-state index in [-0.39, 0.29) is 12.1 Å². The topological polar surface area (TPSA) is 62.3 Å². The van der Waals surface area contributed by atoms with Crippen LogP contribution in [0.3, 0.4) is 0 Å². The summed E-state index contributed by atoms with van der Waals surface area (Å²) < 4.78 is 12.9. The Morgan fingerprint density at radius 2 is 2.05 bits per heavy atom. The molecule has 2 aromatic rings. The lowest BCUT2D eigenvalue weighted by Crippen LogP contribution is -2.28. The van der Waals surface area contributed by atoms with Gasteiger partial charge in [0.1, 0.15) is 17.6 Å². The van der Waals surface area contributed by atoms with Crippen LogP contribution in [0.5, 0.6) is 11.5 Å². The molecule has 102 valence electrons. The molecule has 2 atom stereocenters. The molecule has 2 rings (SSSR count). The van der Waals surface area contributed by atoms with E-state index in [4.69, 9.17) is 15.2 Å². The average molecular weight is 261 g/mol. The molecule has 5 nitrogen and oxygen atoms in total. The molecule has 0 aliphatic heterocycles. The van der Waals surface area contributed by atoms with E-state index in [0.29, 0.717) is 0 Å². The van der Waals surface area contributed by atoms with Crippen molar-refractivity contribution < 1.29 is 9.47 Å². The minimum Gasteiger partial charge on any atom is -0.497 e. The molecule has 0 aliphatic carbocycles. The molecule has 0 radical (unpaired) electrons. The lowest BCUT2D eigenvalue weighted by Gasteiger charge is -2.21. The maximum absolute atomic E-state index is 6.00. The van der Waals surface area contributed by atoms with Gasteiger partial charge in [-0.2, -0.15) is 5.10 Å². The Kier molecular flexibility index (Phi) is 4.06. The Morgan fingerprint density at radius 1 is 1.32 bits per heavy atom. The molecule has 0 bridgehead atoms. The zero-order valence-corrected chi connectivity index (χ0v) is 11.4. The fourth-order valence-corrected chi connectivity index (χ4v) is 1.89. The van der Waals surface area contributed by atoms with Crippen LogP contribution in [0.4, 0.5) is 0 Å². The Hall–Kier alpha value is -2.01. The zero-order valence-electron chi connectivity index (χ0n) is 11.4. The van der Waals surface area contributed by atoms with Gasteiger partial charge in [-0.15, -0.1) is 0 Å². The van der Waals surface area contributed by atoms with Crippen LogP contribution in [0.25, 0.3) is 0 Å². The van der Waals surface area contributed by atoms with Crippen molar-refractivity contribution >= 4 is 0 Å². The summed E-state index contributed by atoms with van der Waals surface area (Å²) in [6, 6.07) is 7.34. The average Bonchev–Trinajstić information content (AvgIpc) is 2.82. The monoisotopic (exact) mass is 261 g/mol. The highest BCUT2D eigenvalue weighted by Gasteiger charge is 2.20. The SMILES string of the molecule is COc1cccc(OC(c2cnn(C)c2)C(C)N)c1. The maximum Gasteiger partial charge on any atom is 0.141 e. The van der Waals surface area contributed by atoms with Crippen molar-refractivity contribution in [3.05, 3.63) is 42.2 Å². The summed E-state index contributed by atoms with van der Waals surface area (Å²) in [7, 11) is 3.50. The number of benzene rings is 1. The Bertz CT molecular complexity index is 537. The number of ether oxygens (including phenoxy) is 2. The zero-order chi connectivity index (χ0) is 13.8. The molecule has 1 aromatic heterocycles. The van der Waals surface area contributed by atoms with Gasteiger partial charge in [0.15, 0.2) is 0 Å².